The predicted octanol–water partition coefficient (Wildman–Crippen LogP) is 2.35. The second-order valence-electron chi connectivity index (χ2n) is 5.57. The van der Waals surface area contributed by atoms with Gasteiger partial charge >= 0.3 is 5.97 Å². The highest BCUT2D eigenvalue weighted by Gasteiger charge is 2.55. The molecule has 1 unspecified atom stereocenters. The van der Waals surface area contributed by atoms with Crippen LogP contribution in [0.25, 0.3) is 0 Å². The highest BCUT2D eigenvalue weighted by molar-refractivity contribution is 6.05. The molecule has 0 saturated heterocycles. The van der Waals surface area contributed by atoms with Gasteiger partial charge in [0.25, 0.3) is 0 Å². The van der Waals surface area contributed by atoms with E-state index in [1.165, 1.54) is 7.11 Å². The summed E-state index contributed by atoms with van der Waals surface area (Å²) in [6.07, 6.45) is 1.95. The number of nitrogens with zero attached hydrogens (tertiary/aromatic N) is 1. The van der Waals surface area contributed by atoms with Crippen molar-refractivity contribution in [3.05, 3.63) is 46.0 Å². The van der Waals surface area contributed by atoms with Crippen LogP contribution in [0, 0.1) is 15.5 Å². The largest absolute Gasteiger partial charge is 0.468 e. The Bertz CT molecular complexity index is 561. The number of hydrogen-bond acceptors (Lipinski definition) is 5. The average Bonchev–Trinajstić information content (AvgIpc) is 2.53. The number of benzene rings is 1. The predicted molar refractivity (Wildman–Crippen MR) is 79.0 cm³/mol. The molecule has 2 rings (SSSR count). The summed E-state index contributed by atoms with van der Waals surface area (Å²) in [5, 5.41) is 11.1. The van der Waals surface area contributed by atoms with Crippen LogP contribution in [0.4, 0.5) is 0 Å². The first-order chi connectivity index (χ1) is 10.5. The van der Waals surface area contributed by atoms with Crippen LogP contribution in [0.5, 0.6) is 0 Å². The lowest BCUT2D eigenvalue weighted by molar-refractivity contribution is -0.485. The number of nitro groups is 1. The summed E-state index contributed by atoms with van der Waals surface area (Å²) in [6.45, 7) is -0.467. The molecule has 1 fully saturated rings. The molecular weight excluding hydrogens is 286 g/mol. The molecule has 2 atom stereocenters. The van der Waals surface area contributed by atoms with Crippen molar-refractivity contribution in [3.63, 3.8) is 0 Å². The van der Waals surface area contributed by atoms with E-state index in [9.17, 15) is 19.7 Å². The molecule has 6 nitrogen and oxygen atoms in total. The Morgan fingerprint density at radius 3 is 2.59 bits per heavy atom. The maximum absolute atomic E-state index is 12.6. The lowest BCUT2D eigenvalue weighted by atomic mass is 9.63. The second kappa shape index (κ2) is 6.68. The van der Waals surface area contributed by atoms with Crippen molar-refractivity contribution >= 4 is 11.8 Å². The zero-order valence-electron chi connectivity index (χ0n) is 12.5. The molecule has 0 heterocycles. The summed E-state index contributed by atoms with van der Waals surface area (Å²) >= 11 is 0. The normalized spacial score (nSPS) is 22.9. The summed E-state index contributed by atoms with van der Waals surface area (Å²) in [5.41, 5.74) is -0.818. The molecule has 0 N–H and O–H groups in total. The maximum atomic E-state index is 12.6. The van der Waals surface area contributed by atoms with Gasteiger partial charge in [-0.25, -0.2) is 0 Å². The highest BCUT2D eigenvalue weighted by atomic mass is 16.6. The number of methoxy groups -OCH3 is 1. The molecule has 1 aliphatic carbocycles. The smallest absolute Gasteiger partial charge is 0.320 e. The van der Waals surface area contributed by atoms with Crippen LogP contribution < -0.4 is 0 Å². The minimum absolute atomic E-state index is 0.249. The number of Topliss-reactive ketones (excluding diaryl/α,β-unsaturated/α-hetero) is 1. The van der Waals surface area contributed by atoms with E-state index in [0.717, 1.165) is 0 Å². The topological polar surface area (TPSA) is 86.5 Å². The van der Waals surface area contributed by atoms with E-state index in [-0.39, 0.29) is 12.2 Å². The summed E-state index contributed by atoms with van der Waals surface area (Å²) in [5.74, 6) is -1.71. The fourth-order valence-corrected chi connectivity index (χ4v) is 3.34. The molecule has 0 radical (unpaired) electrons. The van der Waals surface area contributed by atoms with E-state index in [0.29, 0.717) is 24.8 Å². The van der Waals surface area contributed by atoms with Gasteiger partial charge in [0, 0.05) is 11.3 Å². The number of carbonyl (C=O) groups is 2. The van der Waals surface area contributed by atoms with Crippen molar-refractivity contribution in [2.45, 2.75) is 31.6 Å². The van der Waals surface area contributed by atoms with Crippen LogP contribution in [0.15, 0.2) is 30.3 Å². The fraction of sp³-hybridized carbons (Fsp3) is 0.500. The van der Waals surface area contributed by atoms with E-state index in [2.05, 4.69) is 0 Å². The molecule has 22 heavy (non-hydrogen) atoms. The van der Waals surface area contributed by atoms with Crippen LogP contribution in [0.2, 0.25) is 0 Å². The molecule has 1 aliphatic rings. The van der Waals surface area contributed by atoms with Crippen molar-refractivity contribution in [1.29, 1.82) is 0 Å². The molecule has 1 saturated carbocycles. The average molecular weight is 305 g/mol. The zero-order valence-corrected chi connectivity index (χ0v) is 12.5. The van der Waals surface area contributed by atoms with Gasteiger partial charge in [0.2, 0.25) is 6.54 Å². The SMILES string of the molecule is COC(=O)C1([C@@H](C[N+](=O)[O-])c2ccccc2)CCCCC1=O. The Labute approximate surface area is 128 Å². The molecule has 1 aromatic carbocycles. The molecule has 0 spiro atoms. The molecule has 0 aromatic heterocycles. The molecule has 118 valence electrons. The minimum atomic E-state index is -1.44. The number of ketones is 1. The number of ether oxygens (including phenoxy) is 1. The first-order valence-corrected chi connectivity index (χ1v) is 7.31. The van der Waals surface area contributed by atoms with Crippen molar-refractivity contribution in [1.82, 2.24) is 0 Å². The third kappa shape index (κ3) is 2.86. The molecule has 0 aliphatic heterocycles. The number of hydrogen-bond donors (Lipinski definition) is 0. The molecule has 0 bridgehead atoms. The standard InChI is InChI=1S/C16H19NO5/c1-22-15(19)16(10-6-5-9-14(16)18)13(11-17(20)21)12-7-3-2-4-8-12/h2-4,7-8,13H,5-6,9-11H2,1H3/t13-,16?/m0/s1. The van der Waals surface area contributed by atoms with Crippen LogP contribution in [-0.4, -0.2) is 30.3 Å². The summed E-state index contributed by atoms with van der Waals surface area (Å²) < 4.78 is 4.87. The van der Waals surface area contributed by atoms with Gasteiger partial charge in [0.15, 0.2) is 5.78 Å². The zero-order chi connectivity index (χ0) is 16.2. The van der Waals surface area contributed by atoms with Crippen molar-refractivity contribution in [2.24, 2.45) is 5.41 Å². The lowest BCUT2D eigenvalue weighted by Gasteiger charge is -2.38. The third-order valence-electron chi connectivity index (χ3n) is 4.40. The Hall–Kier alpha value is -2.24. The van der Waals surface area contributed by atoms with Gasteiger partial charge in [-0.2, -0.15) is 0 Å². The molecular formula is C16H19NO5. The number of carbonyl (C=O) groups excluding carboxylic acids is 2. The third-order valence-corrected chi connectivity index (χ3v) is 4.40. The van der Waals surface area contributed by atoms with E-state index in [1.54, 1.807) is 30.3 Å². The van der Waals surface area contributed by atoms with Crippen LogP contribution in [0.3, 0.4) is 0 Å². The first kappa shape index (κ1) is 16.1. The first-order valence-electron chi connectivity index (χ1n) is 7.31. The summed E-state index contributed by atoms with van der Waals surface area (Å²) in [7, 11) is 1.22. The summed E-state index contributed by atoms with van der Waals surface area (Å²) in [6, 6.07) is 8.74. The Balaban J connectivity index is 2.55. The van der Waals surface area contributed by atoms with Crippen molar-refractivity contribution in [3.8, 4) is 0 Å². The van der Waals surface area contributed by atoms with E-state index in [1.807, 2.05) is 0 Å². The van der Waals surface area contributed by atoms with Crippen LogP contribution >= 0.6 is 0 Å². The minimum Gasteiger partial charge on any atom is -0.468 e. The van der Waals surface area contributed by atoms with Crippen molar-refractivity contribution < 1.29 is 19.2 Å². The Morgan fingerprint density at radius 1 is 1.36 bits per heavy atom. The van der Waals surface area contributed by atoms with Crippen LogP contribution in [-0.2, 0) is 14.3 Å². The van der Waals surface area contributed by atoms with E-state index < -0.39 is 28.8 Å². The van der Waals surface area contributed by atoms with E-state index >= 15 is 0 Å². The van der Waals surface area contributed by atoms with Gasteiger partial charge in [0.1, 0.15) is 5.41 Å². The van der Waals surface area contributed by atoms with Crippen LogP contribution in [0.1, 0.15) is 37.2 Å². The number of rotatable bonds is 5. The number of esters is 1. The van der Waals surface area contributed by atoms with Gasteiger partial charge in [-0.3, -0.25) is 19.7 Å². The van der Waals surface area contributed by atoms with Gasteiger partial charge < -0.3 is 4.74 Å². The lowest BCUT2D eigenvalue weighted by Crippen LogP contribution is -2.49. The molecule has 1 aromatic rings. The Kier molecular flexibility index (Phi) is 4.90. The monoisotopic (exact) mass is 305 g/mol. The fourth-order valence-electron chi connectivity index (χ4n) is 3.34. The van der Waals surface area contributed by atoms with Gasteiger partial charge in [-0.15, -0.1) is 0 Å². The quantitative estimate of drug-likeness (QED) is 0.361. The summed E-state index contributed by atoms with van der Waals surface area (Å²) in [4.78, 5) is 35.7. The van der Waals surface area contributed by atoms with Crippen molar-refractivity contribution in [2.75, 3.05) is 13.7 Å². The molecule has 6 heteroatoms. The molecule has 0 amide bonds. The van der Waals surface area contributed by atoms with Gasteiger partial charge in [-0.1, -0.05) is 36.8 Å². The Morgan fingerprint density at radius 2 is 2.05 bits per heavy atom. The maximum Gasteiger partial charge on any atom is 0.320 e. The van der Waals surface area contributed by atoms with E-state index in [4.69, 9.17) is 4.74 Å². The van der Waals surface area contributed by atoms with Gasteiger partial charge in [0.05, 0.1) is 13.0 Å². The highest BCUT2D eigenvalue weighted by Crippen LogP contribution is 2.46. The van der Waals surface area contributed by atoms with Gasteiger partial charge in [-0.05, 0) is 18.4 Å². The second-order valence-corrected chi connectivity index (χ2v) is 5.57.